The summed E-state index contributed by atoms with van der Waals surface area (Å²) < 4.78 is 5.06. The number of allylic oxidation sites excluding steroid dienone is 1. The maximum Gasteiger partial charge on any atom is 0.284 e. The molecule has 0 unspecified atom stereocenters. The van der Waals surface area contributed by atoms with Crippen molar-refractivity contribution < 1.29 is 24.3 Å². The molecule has 0 aromatic heterocycles. The zero-order chi connectivity index (χ0) is 21.0. The molecule has 146 valence electrons. The summed E-state index contributed by atoms with van der Waals surface area (Å²) >= 11 is 0. The van der Waals surface area contributed by atoms with Crippen LogP contribution in [0, 0.1) is 20.2 Å². The molecule has 0 aliphatic carbocycles. The molecule has 0 amide bonds. The molecule has 9 heteroatoms. The summed E-state index contributed by atoms with van der Waals surface area (Å²) in [5, 5.41) is 22.8. The predicted octanol–water partition coefficient (Wildman–Crippen LogP) is 2.25. The van der Waals surface area contributed by atoms with Crippen LogP contribution in [-0.4, -0.2) is 36.8 Å². The quantitative estimate of drug-likeness (QED) is 0.443. The third-order valence-electron chi connectivity index (χ3n) is 4.30. The highest BCUT2D eigenvalue weighted by atomic mass is 16.6. The average Bonchev–Trinajstić information content (AvgIpc) is 2.66. The Hall–Kier alpha value is -3.59. The van der Waals surface area contributed by atoms with Crippen LogP contribution in [0.1, 0.15) is 28.4 Å². The molecule has 0 saturated carbocycles. The summed E-state index contributed by atoms with van der Waals surface area (Å²) in [6.07, 6.45) is 1.51. The molecule has 0 aliphatic rings. The van der Waals surface area contributed by atoms with Crippen molar-refractivity contribution >= 4 is 23.2 Å². The second-order valence-corrected chi connectivity index (χ2v) is 6.33. The fourth-order valence-electron chi connectivity index (χ4n) is 2.48. The first-order chi connectivity index (χ1) is 13.1. The molecule has 9 nitrogen and oxygen atoms in total. The van der Waals surface area contributed by atoms with Gasteiger partial charge in [-0.3, -0.25) is 25.0 Å². The SMILES string of the molecule is COc1ccc(C(=O)c2cc([N+](=O)[O-])cc([N+](=O)[O-])c2/C=C(\C)[NH+](C)C)cc1. The van der Waals surface area contributed by atoms with E-state index in [1.54, 1.807) is 19.1 Å². The lowest BCUT2D eigenvalue weighted by atomic mass is 9.95. The van der Waals surface area contributed by atoms with E-state index in [2.05, 4.69) is 0 Å². The molecule has 0 aliphatic heterocycles. The maximum atomic E-state index is 13.0. The third kappa shape index (κ3) is 4.38. The van der Waals surface area contributed by atoms with E-state index in [4.69, 9.17) is 4.74 Å². The van der Waals surface area contributed by atoms with Crippen molar-refractivity contribution in [3.05, 3.63) is 79.0 Å². The number of nitro groups is 2. The smallest absolute Gasteiger partial charge is 0.284 e. The molecule has 0 fully saturated rings. The number of ether oxygens (including phenoxy) is 1. The van der Waals surface area contributed by atoms with E-state index in [0.717, 1.165) is 22.7 Å². The van der Waals surface area contributed by atoms with Crippen LogP contribution in [0.4, 0.5) is 11.4 Å². The van der Waals surface area contributed by atoms with Crippen molar-refractivity contribution in [3.8, 4) is 5.75 Å². The number of carbonyl (C=O) groups is 1. The fourth-order valence-corrected chi connectivity index (χ4v) is 2.48. The Kier molecular flexibility index (Phi) is 6.22. The van der Waals surface area contributed by atoms with Gasteiger partial charge in [-0.05, 0) is 24.3 Å². The van der Waals surface area contributed by atoms with Crippen molar-refractivity contribution in [1.29, 1.82) is 0 Å². The van der Waals surface area contributed by atoms with E-state index in [-0.39, 0.29) is 16.7 Å². The second-order valence-electron chi connectivity index (χ2n) is 6.33. The first-order valence-corrected chi connectivity index (χ1v) is 8.30. The molecular weight excluding hydrogens is 366 g/mol. The fraction of sp³-hybridized carbons (Fsp3) is 0.211. The number of nitrogens with one attached hydrogen (secondary N) is 1. The van der Waals surface area contributed by atoms with Gasteiger partial charge in [-0.2, -0.15) is 0 Å². The lowest BCUT2D eigenvalue weighted by molar-refractivity contribution is -0.815. The van der Waals surface area contributed by atoms with Crippen LogP contribution in [0.25, 0.3) is 6.08 Å². The Morgan fingerprint density at radius 3 is 2.14 bits per heavy atom. The van der Waals surface area contributed by atoms with Gasteiger partial charge in [-0.1, -0.05) is 0 Å². The summed E-state index contributed by atoms with van der Waals surface area (Å²) in [5.74, 6) is -0.0176. The van der Waals surface area contributed by atoms with E-state index < -0.39 is 27.0 Å². The number of ketones is 1. The number of hydrogen-bond donors (Lipinski definition) is 1. The minimum atomic E-state index is -0.755. The molecule has 0 heterocycles. The average molecular weight is 386 g/mol. The molecule has 0 atom stereocenters. The third-order valence-corrected chi connectivity index (χ3v) is 4.30. The summed E-state index contributed by atoms with van der Waals surface area (Å²) in [5.41, 5.74) is -0.121. The molecule has 2 rings (SSSR count). The van der Waals surface area contributed by atoms with Crippen LogP contribution < -0.4 is 9.64 Å². The molecule has 0 saturated heterocycles. The highest BCUT2D eigenvalue weighted by Gasteiger charge is 2.27. The van der Waals surface area contributed by atoms with Crippen molar-refractivity contribution in [2.45, 2.75) is 6.92 Å². The van der Waals surface area contributed by atoms with Crippen LogP contribution in [0.3, 0.4) is 0 Å². The van der Waals surface area contributed by atoms with E-state index in [0.29, 0.717) is 5.75 Å². The number of carbonyl (C=O) groups excluding carboxylic acids is 1. The molecule has 0 spiro atoms. The Balaban J connectivity index is 2.77. The van der Waals surface area contributed by atoms with Crippen LogP contribution in [0.2, 0.25) is 0 Å². The number of hydrogen-bond acceptors (Lipinski definition) is 6. The molecule has 2 aromatic rings. The van der Waals surface area contributed by atoms with E-state index in [9.17, 15) is 25.0 Å². The Morgan fingerprint density at radius 1 is 1.07 bits per heavy atom. The number of non-ortho nitro benzene ring substituents is 1. The zero-order valence-electron chi connectivity index (χ0n) is 15.9. The number of benzene rings is 2. The Morgan fingerprint density at radius 2 is 1.68 bits per heavy atom. The van der Waals surface area contributed by atoms with Gasteiger partial charge in [0.15, 0.2) is 5.78 Å². The van der Waals surface area contributed by atoms with Gasteiger partial charge in [-0.15, -0.1) is 0 Å². The standard InChI is InChI=1S/C19H19N3O6/c1-12(20(2)3)9-16-17(10-14(21(24)25)11-18(16)22(26)27)19(23)13-5-7-15(28-4)8-6-13/h5-11H,1-4H3/p+1/b12-9+. The Bertz CT molecular complexity index is 964. The molecule has 0 radical (unpaired) electrons. The first-order valence-electron chi connectivity index (χ1n) is 8.30. The number of quaternary nitrogens is 1. The van der Waals surface area contributed by atoms with Crippen LogP contribution in [0.5, 0.6) is 5.75 Å². The minimum Gasteiger partial charge on any atom is -0.497 e. The molecule has 0 bridgehead atoms. The van der Waals surface area contributed by atoms with Gasteiger partial charge in [0.2, 0.25) is 0 Å². The second kappa shape index (κ2) is 8.40. The highest BCUT2D eigenvalue weighted by Crippen LogP contribution is 2.32. The molecule has 2 aromatic carbocycles. The van der Waals surface area contributed by atoms with Crippen molar-refractivity contribution in [1.82, 2.24) is 0 Å². The molecule has 28 heavy (non-hydrogen) atoms. The van der Waals surface area contributed by atoms with Gasteiger partial charge in [0, 0.05) is 30.2 Å². The largest absolute Gasteiger partial charge is 0.497 e. The van der Waals surface area contributed by atoms with Crippen LogP contribution in [0.15, 0.2) is 42.1 Å². The first kappa shape index (κ1) is 20.7. The summed E-state index contributed by atoms with van der Waals surface area (Å²) in [6, 6.07) is 8.10. The minimum absolute atomic E-state index is 0.0371. The van der Waals surface area contributed by atoms with Gasteiger partial charge in [0.25, 0.3) is 11.4 Å². The number of nitrogens with zero attached hydrogens (tertiary/aromatic N) is 2. The van der Waals surface area contributed by atoms with Crippen LogP contribution in [-0.2, 0) is 0 Å². The predicted molar refractivity (Wildman–Crippen MR) is 103 cm³/mol. The summed E-state index contributed by atoms with van der Waals surface area (Å²) in [7, 11) is 5.14. The number of nitro benzene ring substituents is 2. The van der Waals surface area contributed by atoms with Crippen molar-refractivity contribution in [2.75, 3.05) is 21.2 Å². The lowest BCUT2D eigenvalue weighted by Gasteiger charge is -2.10. The van der Waals surface area contributed by atoms with Crippen LogP contribution >= 0.6 is 0 Å². The summed E-state index contributed by atoms with van der Waals surface area (Å²) in [4.78, 5) is 35.3. The maximum absolute atomic E-state index is 13.0. The monoisotopic (exact) mass is 386 g/mol. The highest BCUT2D eigenvalue weighted by molar-refractivity contribution is 6.12. The zero-order valence-corrected chi connectivity index (χ0v) is 15.9. The summed E-state index contributed by atoms with van der Waals surface area (Å²) in [6.45, 7) is 1.75. The van der Waals surface area contributed by atoms with Gasteiger partial charge < -0.3 is 9.64 Å². The number of rotatable bonds is 7. The van der Waals surface area contributed by atoms with Gasteiger partial charge in [0.05, 0.1) is 42.7 Å². The lowest BCUT2D eigenvalue weighted by Crippen LogP contribution is -3.03. The van der Waals surface area contributed by atoms with E-state index in [1.807, 2.05) is 14.1 Å². The van der Waals surface area contributed by atoms with Crippen molar-refractivity contribution in [2.24, 2.45) is 0 Å². The molecule has 1 N–H and O–H groups in total. The van der Waals surface area contributed by atoms with Gasteiger partial charge >= 0.3 is 0 Å². The van der Waals surface area contributed by atoms with E-state index in [1.165, 1.54) is 25.3 Å². The van der Waals surface area contributed by atoms with Gasteiger partial charge in [0.1, 0.15) is 11.4 Å². The molecular formula is C19H20N3O6+. The van der Waals surface area contributed by atoms with Crippen molar-refractivity contribution in [3.63, 3.8) is 0 Å². The van der Waals surface area contributed by atoms with E-state index >= 15 is 0 Å². The topological polar surface area (TPSA) is 117 Å². The number of methoxy groups -OCH3 is 1. The normalized spacial score (nSPS) is 11.4. The van der Waals surface area contributed by atoms with Gasteiger partial charge in [-0.25, -0.2) is 0 Å². The Labute approximate surface area is 161 Å².